The summed E-state index contributed by atoms with van der Waals surface area (Å²) in [6.07, 6.45) is 5.71. The number of ether oxygens (including phenoxy) is 1. The number of carbonyl (C=O) groups excluding carboxylic acids is 1. The first-order valence-corrected chi connectivity index (χ1v) is 21.2. The summed E-state index contributed by atoms with van der Waals surface area (Å²) < 4.78 is 10.6. The fraction of sp³-hybridized carbons (Fsp3) is 0.950. The van der Waals surface area contributed by atoms with E-state index in [0.717, 1.165) is 13.1 Å². The Hall–Kier alpha value is 0.0406. The maximum Gasteiger partial charge on any atom is 0.307 e. The summed E-state index contributed by atoms with van der Waals surface area (Å²) in [4.78, 5) is 11.7. The van der Waals surface area contributed by atoms with E-state index in [2.05, 4.69) is 67.7 Å². The van der Waals surface area contributed by atoms with Crippen molar-refractivity contribution in [3.8, 4) is 0 Å². The van der Waals surface area contributed by atoms with Gasteiger partial charge in [-0.15, -0.1) is 0 Å². The molecule has 0 amide bonds. The summed E-state index contributed by atoms with van der Waals surface area (Å²) in [5.74, 6) is -0.0569. The Morgan fingerprint density at radius 2 is 1.19 bits per heavy atom. The van der Waals surface area contributed by atoms with Gasteiger partial charge in [-0.3, -0.25) is 4.79 Å². The molecule has 0 bridgehead atoms. The minimum atomic E-state index is -1.38. The van der Waals surface area contributed by atoms with Crippen molar-refractivity contribution in [1.29, 1.82) is 0 Å². The topological polar surface area (TPSA) is 32.8 Å². The highest BCUT2D eigenvalue weighted by Crippen LogP contribution is 2.21. The number of rotatable bonds is 14. The fourth-order valence-electron chi connectivity index (χ4n) is 3.85. The van der Waals surface area contributed by atoms with Crippen molar-refractivity contribution in [3.63, 3.8) is 0 Å². The van der Waals surface area contributed by atoms with E-state index in [4.69, 9.17) is 4.74 Å². The Morgan fingerprint density at radius 1 is 0.704 bits per heavy atom. The monoisotopic (exact) mass is 432 g/mol. The lowest BCUT2D eigenvalue weighted by molar-refractivity contribution is -0.143. The summed E-state index contributed by atoms with van der Waals surface area (Å²) in [6, 6.07) is 0. The predicted molar refractivity (Wildman–Crippen MR) is 128 cm³/mol. The van der Waals surface area contributed by atoms with E-state index in [1.54, 1.807) is 0 Å². The van der Waals surface area contributed by atoms with Crippen LogP contribution in [-0.2, 0) is 9.53 Å². The van der Waals surface area contributed by atoms with Gasteiger partial charge in [-0.1, -0.05) is 71.8 Å². The van der Waals surface area contributed by atoms with Crippen molar-refractivity contribution in [2.75, 3.05) is 26.2 Å². The van der Waals surface area contributed by atoms with Crippen LogP contribution in [0.3, 0.4) is 0 Å². The molecule has 0 aliphatic carbocycles. The Bertz CT molecular complexity index is 412. The van der Waals surface area contributed by atoms with Crippen LogP contribution in [0.15, 0.2) is 0 Å². The third-order valence-electron chi connectivity index (χ3n) is 5.02. The summed E-state index contributed by atoms with van der Waals surface area (Å²) in [7, 11) is -3.81. The minimum absolute atomic E-state index is 0.0569. The third kappa shape index (κ3) is 12.3. The van der Waals surface area contributed by atoms with Gasteiger partial charge in [0.2, 0.25) is 0 Å². The number of carbonyl (C=O) groups is 1. The average molecular weight is 433 g/mol. The zero-order valence-corrected chi connectivity index (χ0v) is 23.1. The van der Waals surface area contributed by atoms with Gasteiger partial charge < -0.3 is 13.5 Å². The summed E-state index contributed by atoms with van der Waals surface area (Å²) >= 11 is 0. The zero-order valence-electron chi connectivity index (χ0n) is 20.1. The molecular formula is C20H48N2O2Si3. The Kier molecular flexibility index (Phi) is 11.9. The van der Waals surface area contributed by atoms with Crippen LogP contribution in [-0.4, -0.2) is 65.7 Å². The van der Waals surface area contributed by atoms with E-state index in [9.17, 15) is 4.79 Å². The number of hydrogen-bond donors (Lipinski definition) is 0. The molecule has 7 heteroatoms. The van der Waals surface area contributed by atoms with Crippen molar-refractivity contribution in [2.45, 2.75) is 98.0 Å². The lowest BCUT2D eigenvalue weighted by atomic mass is 10.2. The van der Waals surface area contributed by atoms with Gasteiger partial charge in [0.1, 0.15) is 24.7 Å². The second-order valence-electron chi connectivity index (χ2n) is 10.6. The van der Waals surface area contributed by atoms with Crippen LogP contribution in [0.4, 0.5) is 0 Å². The van der Waals surface area contributed by atoms with Gasteiger partial charge in [-0.2, -0.15) is 0 Å². The van der Waals surface area contributed by atoms with Crippen molar-refractivity contribution in [1.82, 2.24) is 8.80 Å². The summed E-state index contributed by atoms with van der Waals surface area (Å²) in [5.41, 5.74) is 0. The van der Waals surface area contributed by atoms with Crippen LogP contribution in [0.25, 0.3) is 0 Å². The van der Waals surface area contributed by atoms with Gasteiger partial charge in [0.25, 0.3) is 0 Å². The molecule has 0 atom stereocenters. The quantitative estimate of drug-likeness (QED) is 0.203. The molecule has 0 aromatic carbocycles. The van der Waals surface area contributed by atoms with Crippen LogP contribution in [0.1, 0.15) is 39.0 Å². The SMILES string of the molecule is CCOC(=O)CCN(CCCCCCN([Si](C)(C)C)[Si](C)(C)C)[Si](C)(C)C. The van der Waals surface area contributed by atoms with Gasteiger partial charge in [0.15, 0.2) is 0 Å². The first-order valence-electron chi connectivity index (χ1n) is 10.9. The first-order chi connectivity index (χ1) is 12.2. The van der Waals surface area contributed by atoms with E-state index < -0.39 is 24.7 Å². The molecule has 0 aliphatic rings. The van der Waals surface area contributed by atoms with E-state index in [0.29, 0.717) is 13.0 Å². The lowest BCUT2D eigenvalue weighted by Crippen LogP contribution is -2.59. The van der Waals surface area contributed by atoms with E-state index >= 15 is 0 Å². The highest BCUT2D eigenvalue weighted by molar-refractivity contribution is 6.89. The minimum Gasteiger partial charge on any atom is -0.466 e. The molecule has 0 aliphatic heterocycles. The third-order valence-corrected chi connectivity index (χ3v) is 15.1. The highest BCUT2D eigenvalue weighted by atomic mass is 28.4. The fourth-order valence-corrected chi connectivity index (χ4v) is 15.2. The van der Waals surface area contributed by atoms with Crippen LogP contribution in [0.2, 0.25) is 58.9 Å². The van der Waals surface area contributed by atoms with Gasteiger partial charge >= 0.3 is 5.97 Å². The van der Waals surface area contributed by atoms with E-state index in [1.165, 1.54) is 32.2 Å². The molecule has 4 nitrogen and oxygen atoms in total. The Labute approximate surface area is 173 Å². The normalized spacial score (nSPS) is 13.5. The summed E-state index contributed by atoms with van der Waals surface area (Å²) in [6.45, 7) is 27.7. The molecule has 0 N–H and O–H groups in total. The Morgan fingerprint density at radius 3 is 1.59 bits per heavy atom. The van der Waals surface area contributed by atoms with Crippen molar-refractivity contribution >= 4 is 30.7 Å². The molecule has 0 aromatic heterocycles. The molecule has 0 saturated heterocycles. The number of nitrogens with zero attached hydrogens (tertiary/aromatic N) is 2. The van der Waals surface area contributed by atoms with Crippen LogP contribution < -0.4 is 0 Å². The molecule has 0 aromatic rings. The van der Waals surface area contributed by atoms with E-state index in [1.807, 2.05) is 6.92 Å². The smallest absolute Gasteiger partial charge is 0.307 e. The second-order valence-corrected chi connectivity index (χ2v) is 25.8. The molecule has 0 unspecified atom stereocenters. The molecule has 0 heterocycles. The molecule has 0 fully saturated rings. The van der Waals surface area contributed by atoms with Gasteiger partial charge in [0.05, 0.1) is 13.0 Å². The van der Waals surface area contributed by atoms with Crippen molar-refractivity contribution in [2.24, 2.45) is 0 Å². The maximum absolute atomic E-state index is 11.7. The van der Waals surface area contributed by atoms with Crippen LogP contribution in [0, 0.1) is 0 Å². The molecule has 0 rings (SSSR count). The van der Waals surface area contributed by atoms with Gasteiger partial charge in [-0.05, 0) is 32.9 Å². The van der Waals surface area contributed by atoms with Gasteiger partial charge in [-0.25, -0.2) is 0 Å². The predicted octanol–water partition coefficient (Wildman–Crippen LogP) is 5.61. The van der Waals surface area contributed by atoms with Crippen molar-refractivity contribution < 1.29 is 9.53 Å². The molecule has 0 spiro atoms. The largest absolute Gasteiger partial charge is 0.466 e. The second kappa shape index (κ2) is 11.9. The van der Waals surface area contributed by atoms with Crippen LogP contribution in [0.5, 0.6) is 0 Å². The van der Waals surface area contributed by atoms with E-state index in [-0.39, 0.29) is 5.97 Å². The standard InChI is InChI=1S/C20H48N2O2Si3/c1-11-24-20(23)16-19-21(25(2,3)4)17-14-12-13-15-18-22(26(5,6)7)27(8,9)10/h11-19H2,1-10H3. The molecule has 162 valence electrons. The molecule has 27 heavy (non-hydrogen) atoms. The number of hydrogen-bond acceptors (Lipinski definition) is 4. The molecule has 0 radical (unpaired) electrons. The zero-order chi connectivity index (χ0) is 21.3. The molecular weight excluding hydrogens is 384 g/mol. The highest BCUT2D eigenvalue weighted by Gasteiger charge is 2.33. The first kappa shape index (κ1) is 27.0. The maximum atomic E-state index is 11.7. The molecule has 0 saturated carbocycles. The van der Waals surface area contributed by atoms with Crippen molar-refractivity contribution in [3.05, 3.63) is 0 Å². The van der Waals surface area contributed by atoms with Gasteiger partial charge in [0, 0.05) is 6.54 Å². The number of esters is 1. The van der Waals surface area contributed by atoms with Crippen LogP contribution >= 0.6 is 0 Å². The Balaban J connectivity index is 4.29. The number of unbranched alkanes of at least 4 members (excludes halogenated alkanes) is 3. The lowest BCUT2D eigenvalue weighted by Gasteiger charge is -2.43. The summed E-state index contributed by atoms with van der Waals surface area (Å²) in [5, 5.41) is 0. The average Bonchev–Trinajstić information content (AvgIpc) is 2.45.